The lowest BCUT2D eigenvalue weighted by Gasteiger charge is -2.26. The van der Waals surface area contributed by atoms with Crippen molar-refractivity contribution in [1.82, 2.24) is 4.90 Å². The summed E-state index contributed by atoms with van der Waals surface area (Å²) < 4.78 is 5.25. The first kappa shape index (κ1) is 15.6. The van der Waals surface area contributed by atoms with E-state index < -0.39 is 0 Å². The molecule has 21 heavy (non-hydrogen) atoms. The van der Waals surface area contributed by atoms with Crippen molar-refractivity contribution in [2.45, 2.75) is 26.2 Å². The maximum Gasteiger partial charge on any atom is 0.221 e. The molecule has 2 N–H and O–H groups in total. The van der Waals surface area contributed by atoms with Gasteiger partial charge in [-0.1, -0.05) is 6.42 Å². The summed E-state index contributed by atoms with van der Waals surface area (Å²) in [6.45, 7) is 5.79. The lowest BCUT2D eigenvalue weighted by Crippen LogP contribution is -2.33. The molecule has 5 heteroatoms. The summed E-state index contributed by atoms with van der Waals surface area (Å²) in [5, 5.41) is 6.25. The Hall–Kier alpha value is -1.75. The highest BCUT2D eigenvalue weighted by atomic mass is 16.5. The van der Waals surface area contributed by atoms with E-state index >= 15 is 0 Å². The highest BCUT2D eigenvalue weighted by molar-refractivity contribution is 5.92. The predicted octanol–water partition coefficient (Wildman–Crippen LogP) is 2.55. The van der Waals surface area contributed by atoms with Crippen molar-refractivity contribution in [3.05, 3.63) is 18.2 Å². The van der Waals surface area contributed by atoms with Gasteiger partial charge < -0.3 is 20.3 Å². The van der Waals surface area contributed by atoms with Crippen LogP contribution in [0.15, 0.2) is 18.2 Å². The van der Waals surface area contributed by atoms with E-state index in [2.05, 4.69) is 15.5 Å². The van der Waals surface area contributed by atoms with Gasteiger partial charge in [0.15, 0.2) is 0 Å². The van der Waals surface area contributed by atoms with Crippen molar-refractivity contribution in [2.24, 2.45) is 0 Å². The third-order valence-corrected chi connectivity index (χ3v) is 3.73. The number of nitrogens with zero attached hydrogens (tertiary/aromatic N) is 1. The van der Waals surface area contributed by atoms with E-state index in [0.717, 1.165) is 30.2 Å². The van der Waals surface area contributed by atoms with Crippen LogP contribution >= 0.6 is 0 Å². The molecule has 2 rings (SSSR count). The zero-order valence-electron chi connectivity index (χ0n) is 12.9. The van der Waals surface area contributed by atoms with Crippen LogP contribution in [0, 0.1) is 0 Å². The molecule has 0 radical (unpaired) electrons. The Bertz CT molecular complexity index is 471. The van der Waals surface area contributed by atoms with Crippen molar-refractivity contribution in [2.75, 3.05) is 43.9 Å². The Morgan fingerprint density at radius 2 is 2.00 bits per heavy atom. The standard InChI is InChI=1S/C16H25N3O2/c1-13(20)18-15-7-6-14(21-2)12-16(15)17-8-11-19-9-4-3-5-10-19/h6-7,12,17H,3-5,8-11H2,1-2H3,(H,18,20). The van der Waals surface area contributed by atoms with Gasteiger partial charge in [-0.05, 0) is 38.1 Å². The van der Waals surface area contributed by atoms with Crippen molar-refractivity contribution in [1.29, 1.82) is 0 Å². The summed E-state index contributed by atoms with van der Waals surface area (Å²) in [4.78, 5) is 13.7. The van der Waals surface area contributed by atoms with Crippen LogP contribution in [0.25, 0.3) is 0 Å². The Labute approximate surface area is 126 Å². The first-order chi connectivity index (χ1) is 10.2. The van der Waals surface area contributed by atoms with Gasteiger partial charge in [0.1, 0.15) is 5.75 Å². The van der Waals surface area contributed by atoms with Crippen molar-refractivity contribution >= 4 is 17.3 Å². The summed E-state index contributed by atoms with van der Waals surface area (Å²) in [6, 6.07) is 5.63. The molecule has 0 aliphatic carbocycles. The molecule has 1 aliphatic rings. The molecule has 1 fully saturated rings. The van der Waals surface area contributed by atoms with Crippen LogP contribution < -0.4 is 15.4 Å². The average molecular weight is 291 g/mol. The Kier molecular flexibility index (Phi) is 5.87. The summed E-state index contributed by atoms with van der Waals surface area (Å²) in [7, 11) is 1.64. The second-order valence-electron chi connectivity index (χ2n) is 5.42. The molecule has 1 amide bonds. The molecule has 0 bridgehead atoms. The Morgan fingerprint density at radius 3 is 2.67 bits per heavy atom. The second kappa shape index (κ2) is 7.88. The van der Waals surface area contributed by atoms with Gasteiger partial charge in [-0.15, -0.1) is 0 Å². The highest BCUT2D eigenvalue weighted by Crippen LogP contribution is 2.27. The van der Waals surface area contributed by atoms with E-state index in [-0.39, 0.29) is 5.91 Å². The third kappa shape index (κ3) is 4.93. The monoisotopic (exact) mass is 291 g/mol. The average Bonchev–Trinajstić information content (AvgIpc) is 2.49. The van der Waals surface area contributed by atoms with E-state index in [1.165, 1.54) is 39.3 Å². The van der Waals surface area contributed by atoms with E-state index in [9.17, 15) is 4.79 Å². The number of ether oxygens (including phenoxy) is 1. The lowest BCUT2D eigenvalue weighted by molar-refractivity contribution is -0.114. The molecule has 0 saturated carbocycles. The van der Waals surface area contributed by atoms with Crippen molar-refractivity contribution < 1.29 is 9.53 Å². The maximum absolute atomic E-state index is 11.3. The normalized spacial score (nSPS) is 15.5. The van der Waals surface area contributed by atoms with Crippen LogP contribution in [0.4, 0.5) is 11.4 Å². The summed E-state index contributed by atoms with van der Waals surface area (Å²) in [6.07, 6.45) is 3.96. The summed E-state index contributed by atoms with van der Waals surface area (Å²) in [5.74, 6) is 0.712. The number of methoxy groups -OCH3 is 1. The van der Waals surface area contributed by atoms with E-state index in [1.807, 2.05) is 18.2 Å². The molecule has 0 aromatic heterocycles. The molecular formula is C16H25N3O2. The highest BCUT2D eigenvalue weighted by Gasteiger charge is 2.10. The summed E-state index contributed by atoms with van der Waals surface area (Å²) >= 11 is 0. The topological polar surface area (TPSA) is 53.6 Å². The number of hydrogen-bond acceptors (Lipinski definition) is 4. The minimum absolute atomic E-state index is 0.0701. The molecular weight excluding hydrogens is 266 g/mol. The lowest BCUT2D eigenvalue weighted by atomic mass is 10.1. The van der Waals surface area contributed by atoms with E-state index in [0.29, 0.717) is 0 Å². The fourth-order valence-electron chi connectivity index (χ4n) is 2.63. The number of hydrogen-bond donors (Lipinski definition) is 2. The van der Waals surface area contributed by atoms with Gasteiger partial charge in [-0.2, -0.15) is 0 Å². The fraction of sp³-hybridized carbons (Fsp3) is 0.562. The number of likely N-dealkylation sites (tertiary alicyclic amines) is 1. The van der Waals surface area contributed by atoms with Gasteiger partial charge in [0.25, 0.3) is 0 Å². The molecule has 1 saturated heterocycles. The largest absolute Gasteiger partial charge is 0.497 e. The van der Waals surface area contributed by atoms with E-state index in [4.69, 9.17) is 4.74 Å². The van der Waals surface area contributed by atoms with Gasteiger partial charge in [-0.3, -0.25) is 4.79 Å². The van der Waals surface area contributed by atoms with Gasteiger partial charge in [0.2, 0.25) is 5.91 Å². The summed E-state index contributed by atoms with van der Waals surface area (Å²) in [5.41, 5.74) is 1.70. The minimum Gasteiger partial charge on any atom is -0.497 e. The number of carbonyl (C=O) groups excluding carboxylic acids is 1. The predicted molar refractivity (Wildman–Crippen MR) is 86.1 cm³/mol. The van der Waals surface area contributed by atoms with Crippen LogP contribution in [0.2, 0.25) is 0 Å². The van der Waals surface area contributed by atoms with Gasteiger partial charge in [-0.25, -0.2) is 0 Å². The molecule has 1 heterocycles. The van der Waals surface area contributed by atoms with Gasteiger partial charge in [0.05, 0.1) is 18.5 Å². The Balaban J connectivity index is 1.94. The number of anilines is 2. The fourth-order valence-corrected chi connectivity index (χ4v) is 2.63. The molecule has 0 atom stereocenters. The van der Waals surface area contributed by atoms with Crippen LogP contribution in [0.5, 0.6) is 5.75 Å². The van der Waals surface area contributed by atoms with Crippen LogP contribution in [0.3, 0.4) is 0 Å². The van der Waals surface area contributed by atoms with Crippen LogP contribution in [0.1, 0.15) is 26.2 Å². The molecule has 1 aromatic rings. The number of carbonyl (C=O) groups is 1. The van der Waals surface area contributed by atoms with Crippen LogP contribution in [-0.4, -0.2) is 44.1 Å². The third-order valence-electron chi connectivity index (χ3n) is 3.73. The molecule has 1 aliphatic heterocycles. The number of rotatable bonds is 6. The zero-order valence-corrected chi connectivity index (χ0v) is 12.9. The first-order valence-electron chi connectivity index (χ1n) is 7.61. The number of amides is 1. The Morgan fingerprint density at radius 1 is 1.24 bits per heavy atom. The van der Waals surface area contributed by atoms with Gasteiger partial charge in [0, 0.05) is 26.1 Å². The minimum atomic E-state index is -0.0701. The molecule has 5 nitrogen and oxygen atoms in total. The maximum atomic E-state index is 11.3. The quantitative estimate of drug-likeness (QED) is 0.846. The second-order valence-corrected chi connectivity index (χ2v) is 5.42. The number of benzene rings is 1. The van der Waals surface area contributed by atoms with Crippen LogP contribution in [-0.2, 0) is 4.79 Å². The van der Waals surface area contributed by atoms with Crippen molar-refractivity contribution in [3.8, 4) is 5.75 Å². The number of piperidine rings is 1. The molecule has 1 aromatic carbocycles. The molecule has 0 unspecified atom stereocenters. The molecule has 0 spiro atoms. The SMILES string of the molecule is COc1ccc(NC(C)=O)c(NCCN2CCCCC2)c1. The first-order valence-corrected chi connectivity index (χ1v) is 7.61. The zero-order chi connectivity index (χ0) is 15.1. The van der Waals surface area contributed by atoms with Gasteiger partial charge >= 0.3 is 0 Å². The van der Waals surface area contributed by atoms with E-state index in [1.54, 1.807) is 7.11 Å². The number of nitrogens with one attached hydrogen (secondary N) is 2. The smallest absolute Gasteiger partial charge is 0.221 e. The molecule has 116 valence electrons. The van der Waals surface area contributed by atoms with Crippen molar-refractivity contribution in [3.63, 3.8) is 0 Å².